The molecule has 0 spiro atoms. The predicted octanol–water partition coefficient (Wildman–Crippen LogP) is 3.11. The summed E-state index contributed by atoms with van der Waals surface area (Å²) in [7, 11) is 2.46. The number of aromatic nitrogens is 4. The Bertz CT molecular complexity index is 1470. The Kier molecular flexibility index (Phi) is 7.37. The van der Waals surface area contributed by atoms with E-state index in [0.717, 1.165) is 37.7 Å². The van der Waals surface area contributed by atoms with Gasteiger partial charge in [0.05, 0.1) is 24.2 Å². The summed E-state index contributed by atoms with van der Waals surface area (Å²) in [5.41, 5.74) is -1.09. The normalized spacial score (nSPS) is 12.7. The van der Waals surface area contributed by atoms with Gasteiger partial charge in [0, 0.05) is 31.2 Å². The zero-order valence-corrected chi connectivity index (χ0v) is 20.0. The molecule has 38 heavy (non-hydrogen) atoms. The maximum atomic E-state index is 15.1. The van der Waals surface area contributed by atoms with Crippen molar-refractivity contribution in [2.75, 3.05) is 13.7 Å². The van der Waals surface area contributed by atoms with Crippen molar-refractivity contribution in [3.05, 3.63) is 94.8 Å². The van der Waals surface area contributed by atoms with Gasteiger partial charge in [-0.15, -0.1) is 4.73 Å². The molecule has 0 radical (unpaired) electrons. The highest BCUT2D eigenvalue weighted by molar-refractivity contribution is 6.09. The minimum absolute atomic E-state index is 0.00779. The molecule has 2 N–H and O–H groups in total. The Morgan fingerprint density at radius 2 is 1.66 bits per heavy atom. The summed E-state index contributed by atoms with van der Waals surface area (Å²) in [5.74, 6) is -8.58. The molecule has 2 aromatic carbocycles. The van der Waals surface area contributed by atoms with E-state index in [4.69, 9.17) is 4.84 Å². The zero-order chi connectivity index (χ0) is 27.6. The fourth-order valence-electron chi connectivity index (χ4n) is 4.10. The Balaban J connectivity index is 1.90. The number of hydrogen-bond donors (Lipinski definition) is 2. The van der Waals surface area contributed by atoms with Gasteiger partial charge in [0.2, 0.25) is 11.8 Å². The van der Waals surface area contributed by atoms with Crippen molar-refractivity contribution in [3.63, 3.8) is 0 Å². The Morgan fingerprint density at radius 1 is 1.00 bits per heavy atom. The second-order valence-electron chi connectivity index (χ2n) is 8.18. The van der Waals surface area contributed by atoms with Crippen LogP contribution in [0.2, 0.25) is 0 Å². The van der Waals surface area contributed by atoms with Gasteiger partial charge in [-0.2, -0.15) is 5.10 Å². The zero-order valence-electron chi connectivity index (χ0n) is 20.0. The van der Waals surface area contributed by atoms with Crippen LogP contribution in [0, 0.1) is 17.5 Å². The van der Waals surface area contributed by atoms with Crippen LogP contribution in [-0.2, 0) is 11.8 Å². The number of hydrogen-bond acceptors (Lipinski definition) is 8. The Labute approximate surface area is 213 Å². The van der Waals surface area contributed by atoms with Crippen LogP contribution < -0.4 is 4.84 Å². The van der Waals surface area contributed by atoms with Crippen LogP contribution in [0.4, 0.5) is 13.2 Å². The molecule has 0 saturated heterocycles. The van der Waals surface area contributed by atoms with E-state index < -0.39 is 70.5 Å². The first-order chi connectivity index (χ1) is 18.1. The van der Waals surface area contributed by atoms with Crippen molar-refractivity contribution in [3.8, 4) is 11.8 Å². The number of carbonyl (C=O) groups excluding carboxylic acids is 2. The maximum Gasteiger partial charge on any atom is 0.338 e. The summed E-state index contributed by atoms with van der Waals surface area (Å²) in [4.78, 5) is 36.2. The van der Waals surface area contributed by atoms with Crippen molar-refractivity contribution in [1.29, 1.82) is 0 Å². The first-order valence-electron chi connectivity index (χ1n) is 11.1. The number of aryl methyl sites for hydroxylation is 1. The predicted molar refractivity (Wildman–Crippen MR) is 124 cm³/mol. The Hall–Kier alpha value is -4.81. The van der Waals surface area contributed by atoms with E-state index in [-0.39, 0.29) is 5.82 Å². The fraction of sp³-hybridized carbons (Fsp3) is 0.200. The highest BCUT2D eigenvalue weighted by Crippen LogP contribution is 2.37. The SMILES string of the molecule is COC(=O)c1cc(F)cc(F)c1C(=O)C(c1ncnn1C)C(COn1c(O)ccc1O)c1ccc(F)cc1. The molecule has 4 rings (SSSR count). The molecule has 0 aliphatic carbocycles. The molecule has 0 saturated carbocycles. The lowest BCUT2D eigenvalue weighted by Gasteiger charge is -2.27. The first kappa shape index (κ1) is 26.3. The van der Waals surface area contributed by atoms with Gasteiger partial charge in [0.25, 0.3) is 0 Å². The van der Waals surface area contributed by atoms with Crippen LogP contribution in [-0.4, -0.2) is 55.2 Å². The van der Waals surface area contributed by atoms with E-state index in [2.05, 4.69) is 14.8 Å². The van der Waals surface area contributed by atoms with E-state index in [0.29, 0.717) is 22.4 Å². The second kappa shape index (κ2) is 10.7. The molecule has 13 heteroatoms. The third-order valence-electron chi connectivity index (χ3n) is 5.90. The van der Waals surface area contributed by atoms with Crippen LogP contribution in [0.25, 0.3) is 0 Å². The molecular weight excluding hydrogens is 509 g/mol. The van der Waals surface area contributed by atoms with Gasteiger partial charge < -0.3 is 19.8 Å². The van der Waals surface area contributed by atoms with Crippen LogP contribution in [0.5, 0.6) is 11.8 Å². The number of benzene rings is 2. The largest absolute Gasteiger partial charge is 0.492 e. The number of nitrogens with zero attached hydrogens (tertiary/aromatic N) is 4. The molecule has 0 aliphatic rings. The summed E-state index contributed by atoms with van der Waals surface area (Å²) in [5, 5.41) is 24.0. The minimum Gasteiger partial charge on any atom is -0.492 e. The van der Waals surface area contributed by atoms with Crippen LogP contribution >= 0.6 is 0 Å². The number of halogens is 3. The molecule has 0 aliphatic heterocycles. The van der Waals surface area contributed by atoms with E-state index >= 15 is 4.39 Å². The molecule has 2 atom stereocenters. The quantitative estimate of drug-likeness (QED) is 0.250. The van der Waals surface area contributed by atoms with Crippen molar-refractivity contribution in [2.24, 2.45) is 7.05 Å². The average molecular weight is 530 g/mol. The molecule has 2 unspecified atom stereocenters. The molecule has 2 aromatic heterocycles. The smallest absolute Gasteiger partial charge is 0.338 e. The molecule has 2 heterocycles. The summed E-state index contributed by atoms with van der Waals surface area (Å²) in [6, 6.07) is 8.41. The molecule has 4 aromatic rings. The molecule has 0 fully saturated rings. The minimum atomic E-state index is -1.43. The van der Waals surface area contributed by atoms with Gasteiger partial charge in [-0.25, -0.2) is 22.9 Å². The topological polar surface area (TPSA) is 129 Å². The van der Waals surface area contributed by atoms with E-state index in [1.807, 2.05) is 0 Å². The standard InChI is InChI=1S/C25H21F3N4O6/c1-31-24(29-12-30-31)22(23(35)21-16(25(36)37-2)9-15(27)10-18(21)28)17(13-3-5-14(26)6-4-13)11-38-32-19(33)7-8-20(32)34/h3-10,12,17,22,33-34H,11H2,1-2H3. The number of methoxy groups -OCH3 is 1. The van der Waals surface area contributed by atoms with Crippen LogP contribution in [0.1, 0.15) is 43.9 Å². The molecular formula is C25H21F3N4O6. The second-order valence-corrected chi connectivity index (χ2v) is 8.18. The highest BCUT2D eigenvalue weighted by Gasteiger charge is 2.39. The lowest BCUT2D eigenvalue weighted by molar-refractivity contribution is 0.0564. The fourth-order valence-corrected chi connectivity index (χ4v) is 4.10. The Morgan fingerprint density at radius 3 is 2.24 bits per heavy atom. The maximum absolute atomic E-state index is 15.1. The molecule has 198 valence electrons. The summed E-state index contributed by atoms with van der Waals surface area (Å²) in [6.45, 7) is -0.443. The van der Waals surface area contributed by atoms with Crippen molar-refractivity contribution >= 4 is 11.8 Å². The highest BCUT2D eigenvalue weighted by atomic mass is 19.1. The number of carbonyl (C=O) groups is 2. The lowest BCUT2D eigenvalue weighted by atomic mass is 9.80. The van der Waals surface area contributed by atoms with Crippen LogP contribution in [0.15, 0.2) is 54.9 Å². The van der Waals surface area contributed by atoms with Crippen LogP contribution in [0.3, 0.4) is 0 Å². The number of ether oxygens (including phenoxy) is 1. The van der Waals surface area contributed by atoms with E-state index in [1.165, 1.54) is 23.9 Å². The molecule has 0 bridgehead atoms. The third-order valence-corrected chi connectivity index (χ3v) is 5.90. The van der Waals surface area contributed by atoms with Crippen molar-refractivity contribution in [2.45, 2.75) is 11.8 Å². The van der Waals surface area contributed by atoms with Gasteiger partial charge >= 0.3 is 5.97 Å². The molecule has 10 nitrogen and oxygen atoms in total. The summed E-state index contributed by atoms with van der Waals surface area (Å²) >= 11 is 0. The lowest BCUT2D eigenvalue weighted by Crippen LogP contribution is -2.31. The van der Waals surface area contributed by atoms with Gasteiger partial charge in [0.15, 0.2) is 5.78 Å². The van der Waals surface area contributed by atoms with Crippen molar-refractivity contribution in [1.82, 2.24) is 19.5 Å². The third kappa shape index (κ3) is 5.03. The number of Topliss-reactive ketones (excluding diaryl/α,β-unsaturated/α-hetero) is 1. The number of rotatable bonds is 9. The first-order valence-corrected chi connectivity index (χ1v) is 11.1. The number of esters is 1. The summed E-state index contributed by atoms with van der Waals surface area (Å²) < 4.78 is 49.5. The average Bonchev–Trinajstić information content (AvgIpc) is 3.45. The van der Waals surface area contributed by atoms with E-state index in [1.54, 1.807) is 0 Å². The number of aromatic hydroxyl groups is 2. The monoisotopic (exact) mass is 530 g/mol. The van der Waals surface area contributed by atoms with Gasteiger partial charge in [-0.05, 0) is 23.8 Å². The summed E-state index contributed by atoms with van der Waals surface area (Å²) in [6.07, 6.45) is 1.14. The van der Waals surface area contributed by atoms with E-state index in [9.17, 15) is 28.6 Å². The van der Waals surface area contributed by atoms with Gasteiger partial charge in [0.1, 0.15) is 36.2 Å². The number of ketones is 1. The van der Waals surface area contributed by atoms with Crippen molar-refractivity contribution < 1.29 is 42.5 Å². The van der Waals surface area contributed by atoms with Gasteiger partial charge in [-0.1, -0.05) is 12.1 Å². The van der Waals surface area contributed by atoms with Gasteiger partial charge in [-0.3, -0.25) is 9.48 Å². The molecule has 0 amide bonds.